The molecule has 1 heterocycles. The maximum absolute atomic E-state index is 4.13. The molecule has 3 heteroatoms. The van der Waals surface area contributed by atoms with Gasteiger partial charge in [0.2, 0.25) is 0 Å². The first-order valence-electron chi connectivity index (χ1n) is 3.46. The number of fused-ring (bicyclic) bond motifs is 1. The first kappa shape index (κ1) is 8.68. The molecule has 12 heavy (non-hydrogen) atoms. The molecular formula is C9H5I2N. The van der Waals surface area contributed by atoms with Gasteiger partial charge in [0.05, 0.1) is 0 Å². The molecule has 60 valence electrons. The van der Waals surface area contributed by atoms with E-state index in [0.29, 0.717) is 0 Å². The molecule has 0 saturated heterocycles. The van der Waals surface area contributed by atoms with E-state index in [-0.39, 0.29) is 0 Å². The monoisotopic (exact) mass is 381 g/mol. The topological polar surface area (TPSA) is 12.9 Å². The van der Waals surface area contributed by atoms with Crippen LogP contribution in [0.3, 0.4) is 0 Å². The number of nitrogens with zero attached hydrogens (tertiary/aromatic N) is 1. The Hall–Kier alpha value is 0.0900. The molecule has 0 aliphatic carbocycles. The van der Waals surface area contributed by atoms with Crippen LogP contribution >= 0.6 is 45.2 Å². The summed E-state index contributed by atoms with van der Waals surface area (Å²) >= 11 is 4.63. The maximum Gasteiger partial charge on any atom is 0.0408 e. The first-order valence-corrected chi connectivity index (χ1v) is 5.62. The Balaban J connectivity index is 2.88. The molecule has 0 bridgehead atoms. The normalized spacial score (nSPS) is 10.5. The van der Waals surface area contributed by atoms with Crippen molar-refractivity contribution in [3.63, 3.8) is 0 Å². The van der Waals surface area contributed by atoms with Crippen LogP contribution in [-0.4, -0.2) is 4.98 Å². The van der Waals surface area contributed by atoms with Crippen LogP contribution in [0.2, 0.25) is 0 Å². The Kier molecular flexibility index (Phi) is 2.49. The second kappa shape index (κ2) is 3.45. The lowest BCUT2D eigenvalue weighted by molar-refractivity contribution is 1.34. The third kappa shape index (κ3) is 1.56. The smallest absolute Gasteiger partial charge is 0.0408 e. The lowest BCUT2D eigenvalue weighted by Crippen LogP contribution is -1.81. The van der Waals surface area contributed by atoms with E-state index in [1.165, 1.54) is 17.9 Å². The Morgan fingerprint density at radius 2 is 1.92 bits per heavy atom. The van der Waals surface area contributed by atoms with E-state index >= 15 is 0 Å². The lowest BCUT2D eigenvalue weighted by atomic mass is 10.2. The predicted octanol–water partition coefficient (Wildman–Crippen LogP) is 3.44. The van der Waals surface area contributed by atoms with Crippen molar-refractivity contribution in [2.24, 2.45) is 0 Å². The van der Waals surface area contributed by atoms with Crippen molar-refractivity contribution in [1.82, 2.24) is 4.98 Å². The van der Waals surface area contributed by atoms with Crippen molar-refractivity contribution in [3.05, 3.63) is 37.7 Å². The van der Waals surface area contributed by atoms with Crippen LogP contribution in [0.25, 0.3) is 10.8 Å². The molecular weight excluding hydrogens is 376 g/mol. The lowest BCUT2D eigenvalue weighted by Gasteiger charge is -1.99. The molecule has 0 atom stereocenters. The van der Waals surface area contributed by atoms with Gasteiger partial charge in [0.15, 0.2) is 0 Å². The second-order valence-corrected chi connectivity index (χ2v) is 4.89. The maximum atomic E-state index is 4.13. The molecule has 1 aromatic heterocycles. The van der Waals surface area contributed by atoms with Gasteiger partial charge in [-0.1, -0.05) is 6.07 Å². The van der Waals surface area contributed by atoms with E-state index in [1.807, 2.05) is 12.4 Å². The molecule has 0 aliphatic rings. The van der Waals surface area contributed by atoms with Crippen molar-refractivity contribution in [1.29, 1.82) is 0 Å². The summed E-state index contributed by atoms with van der Waals surface area (Å²) in [7, 11) is 0. The fourth-order valence-corrected chi connectivity index (χ4v) is 2.22. The van der Waals surface area contributed by atoms with E-state index in [0.717, 1.165) is 0 Å². The third-order valence-electron chi connectivity index (χ3n) is 1.67. The van der Waals surface area contributed by atoms with Gasteiger partial charge in [-0.05, 0) is 62.7 Å². The fourth-order valence-electron chi connectivity index (χ4n) is 1.10. The highest BCUT2D eigenvalue weighted by atomic mass is 127. The van der Waals surface area contributed by atoms with E-state index < -0.39 is 0 Å². The van der Waals surface area contributed by atoms with E-state index in [1.54, 1.807) is 0 Å². The first-order chi connectivity index (χ1) is 5.77. The van der Waals surface area contributed by atoms with Gasteiger partial charge < -0.3 is 0 Å². The van der Waals surface area contributed by atoms with Crippen LogP contribution in [0.15, 0.2) is 30.6 Å². The van der Waals surface area contributed by atoms with E-state index in [2.05, 4.69) is 68.4 Å². The minimum absolute atomic E-state index is 1.21. The summed E-state index contributed by atoms with van der Waals surface area (Å²) in [5, 5.41) is 2.50. The summed E-state index contributed by atoms with van der Waals surface area (Å²) < 4.78 is 2.48. The van der Waals surface area contributed by atoms with Gasteiger partial charge in [-0.3, -0.25) is 4.98 Å². The zero-order chi connectivity index (χ0) is 8.55. The van der Waals surface area contributed by atoms with Crippen molar-refractivity contribution in [2.45, 2.75) is 0 Å². The molecule has 0 fully saturated rings. The molecule has 0 saturated carbocycles. The standard InChI is InChI=1S/C9H5I2N/c10-7-2-1-6-4-12-5-9(11)8(6)3-7/h1-5H. The van der Waals surface area contributed by atoms with Crippen LogP contribution in [0, 0.1) is 7.14 Å². The molecule has 1 aromatic carbocycles. The highest BCUT2D eigenvalue weighted by Gasteiger charge is 1.97. The van der Waals surface area contributed by atoms with Crippen molar-refractivity contribution in [3.8, 4) is 0 Å². The molecule has 0 unspecified atom stereocenters. The van der Waals surface area contributed by atoms with Crippen LogP contribution in [0.5, 0.6) is 0 Å². The third-order valence-corrected chi connectivity index (χ3v) is 3.20. The SMILES string of the molecule is Ic1ccc2cncc(I)c2c1. The second-order valence-electron chi connectivity index (χ2n) is 2.49. The molecule has 2 aromatic rings. The summed E-state index contributed by atoms with van der Waals surface area (Å²) in [5.74, 6) is 0. The van der Waals surface area contributed by atoms with E-state index in [4.69, 9.17) is 0 Å². The fraction of sp³-hybridized carbons (Fsp3) is 0. The Morgan fingerprint density at radius 3 is 2.75 bits per heavy atom. The highest BCUT2D eigenvalue weighted by molar-refractivity contribution is 14.1. The number of hydrogen-bond donors (Lipinski definition) is 0. The van der Waals surface area contributed by atoms with E-state index in [9.17, 15) is 0 Å². The van der Waals surface area contributed by atoms with Crippen LogP contribution in [0.4, 0.5) is 0 Å². The molecule has 0 N–H and O–H groups in total. The zero-order valence-electron chi connectivity index (χ0n) is 6.09. The Morgan fingerprint density at radius 1 is 1.08 bits per heavy atom. The number of hydrogen-bond acceptors (Lipinski definition) is 1. The zero-order valence-corrected chi connectivity index (χ0v) is 10.4. The van der Waals surface area contributed by atoms with Gasteiger partial charge in [-0.25, -0.2) is 0 Å². The van der Waals surface area contributed by atoms with Crippen LogP contribution in [-0.2, 0) is 0 Å². The van der Waals surface area contributed by atoms with Gasteiger partial charge in [0.1, 0.15) is 0 Å². The van der Waals surface area contributed by atoms with Gasteiger partial charge in [-0.2, -0.15) is 0 Å². The van der Waals surface area contributed by atoms with Gasteiger partial charge in [-0.15, -0.1) is 0 Å². The molecule has 0 aliphatic heterocycles. The predicted molar refractivity (Wildman–Crippen MR) is 67.2 cm³/mol. The highest BCUT2D eigenvalue weighted by Crippen LogP contribution is 2.21. The molecule has 1 nitrogen and oxygen atoms in total. The summed E-state index contributed by atoms with van der Waals surface area (Å²) in [4.78, 5) is 4.13. The molecule has 0 amide bonds. The molecule has 0 spiro atoms. The van der Waals surface area contributed by atoms with Crippen LogP contribution < -0.4 is 0 Å². The molecule has 2 rings (SSSR count). The number of rotatable bonds is 0. The molecule has 0 radical (unpaired) electrons. The number of benzene rings is 1. The summed E-state index contributed by atoms with van der Waals surface area (Å²) in [6.45, 7) is 0. The number of pyridine rings is 1. The van der Waals surface area contributed by atoms with Crippen molar-refractivity contribution < 1.29 is 0 Å². The average Bonchev–Trinajstić information content (AvgIpc) is 2.07. The summed E-state index contributed by atoms with van der Waals surface area (Å²) in [6, 6.07) is 6.38. The Labute approximate surface area is 97.9 Å². The van der Waals surface area contributed by atoms with Gasteiger partial charge in [0, 0.05) is 24.9 Å². The van der Waals surface area contributed by atoms with Crippen molar-refractivity contribution >= 4 is 56.0 Å². The van der Waals surface area contributed by atoms with Crippen molar-refractivity contribution in [2.75, 3.05) is 0 Å². The van der Waals surface area contributed by atoms with Gasteiger partial charge >= 0.3 is 0 Å². The number of halogens is 2. The van der Waals surface area contributed by atoms with Gasteiger partial charge in [0.25, 0.3) is 0 Å². The number of aromatic nitrogens is 1. The van der Waals surface area contributed by atoms with Crippen LogP contribution in [0.1, 0.15) is 0 Å². The largest absolute Gasteiger partial charge is 0.263 e. The Bertz CT molecular complexity index is 426. The summed E-state index contributed by atoms with van der Waals surface area (Å²) in [5.41, 5.74) is 0. The average molecular weight is 381 g/mol. The minimum Gasteiger partial charge on any atom is -0.263 e. The quantitative estimate of drug-likeness (QED) is 0.638. The summed E-state index contributed by atoms with van der Waals surface area (Å²) in [6.07, 6.45) is 3.78. The minimum atomic E-state index is 1.21.